The number of nitrogens with one attached hydrogen (secondary N) is 1. The molecule has 0 spiro atoms. The number of aromatic nitrogens is 4. The van der Waals surface area contributed by atoms with Crippen molar-refractivity contribution in [2.75, 3.05) is 5.32 Å². The zero-order valence-electron chi connectivity index (χ0n) is 12.0. The van der Waals surface area contributed by atoms with Crippen molar-refractivity contribution < 1.29 is 0 Å². The summed E-state index contributed by atoms with van der Waals surface area (Å²) in [6.07, 6.45) is 3.64. The highest BCUT2D eigenvalue weighted by Crippen LogP contribution is 2.21. The zero-order valence-corrected chi connectivity index (χ0v) is 12.0. The van der Waals surface area contributed by atoms with E-state index in [9.17, 15) is 0 Å². The quantitative estimate of drug-likeness (QED) is 0.897. The van der Waals surface area contributed by atoms with Crippen molar-refractivity contribution in [3.63, 3.8) is 0 Å². The Bertz CT molecular complexity index is 547. The molecule has 0 aliphatic heterocycles. The van der Waals surface area contributed by atoms with E-state index in [1.54, 1.807) is 0 Å². The number of rotatable bonds is 5. The normalized spacial score (nSPS) is 12.4. The van der Waals surface area contributed by atoms with E-state index in [1.807, 2.05) is 37.0 Å². The fraction of sp³-hybridized carbons (Fsp3) is 0.500. The van der Waals surface area contributed by atoms with E-state index >= 15 is 0 Å². The molecule has 0 radical (unpaired) electrons. The second-order valence-electron chi connectivity index (χ2n) is 4.65. The molecule has 1 N–H and O–H groups in total. The van der Waals surface area contributed by atoms with Gasteiger partial charge < -0.3 is 5.32 Å². The molecule has 0 fully saturated rings. The summed E-state index contributed by atoms with van der Waals surface area (Å²) < 4.78 is 1.90. The number of aryl methyl sites for hydroxylation is 3. The lowest BCUT2D eigenvalue weighted by atomic mass is 10.1. The van der Waals surface area contributed by atoms with Crippen LogP contribution in [0.5, 0.6) is 0 Å². The Kier molecular flexibility index (Phi) is 4.14. The maximum absolute atomic E-state index is 4.53. The summed E-state index contributed by atoms with van der Waals surface area (Å²) in [6.45, 7) is 6.22. The fourth-order valence-electron chi connectivity index (χ4n) is 2.15. The molecular formula is C14H21N5. The Morgan fingerprint density at radius 1 is 1.32 bits per heavy atom. The molecule has 2 aromatic rings. The molecule has 2 aromatic heterocycles. The predicted octanol–water partition coefficient (Wildman–Crippen LogP) is 2.64. The highest BCUT2D eigenvalue weighted by atomic mass is 15.3. The molecular weight excluding hydrogens is 238 g/mol. The van der Waals surface area contributed by atoms with Crippen LogP contribution in [0, 0.1) is 6.92 Å². The zero-order chi connectivity index (χ0) is 13.8. The van der Waals surface area contributed by atoms with Crippen LogP contribution in [0.2, 0.25) is 0 Å². The van der Waals surface area contributed by atoms with Gasteiger partial charge in [-0.05, 0) is 19.4 Å². The molecule has 0 amide bonds. The molecule has 2 heterocycles. The SMILES string of the molecule is CCc1nc(C)cc(N[C@@H](CC)c2ccnn2C)n1. The van der Waals surface area contributed by atoms with Gasteiger partial charge in [0.2, 0.25) is 0 Å². The third kappa shape index (κ3) is 3.10. The van der Waals surface area contributed by atoms with Gasteiger partial charge in [-0.1, -0.05) is 13.8 Å². The third-order valence-electron chi connectivity index (χ3n) is 3.16. The van der Waals surface area contributed by atoms with E-state index in [4.69, 9.17) is 0 Å². The van der Waals surface area contributed by atoms with Crippen LogP contribution >= 0.6 is 0 Å². The van der Waals surface area contributed by atoms with E-state index in [0.29, 0.717) is 0 Å². The van der Waals surface area contributed by atoms with E-state index in [0.717, 1.165) is 35.9 Å². The summed E-state index contributed by atoms with van der Waals surface area (Å²) in [6, 6.07) is 4.24. The van der Waals surface area contributed by atoms with Crippen LogP contribution in [0.25, 0.3) is 0 Å². The second-order valence-corrected chi connectivity index (χ2v) is 4.65. The molecule has 0 aliphatic rings. The molecule has 0 unspecified atom stereocenters. The van der Waals surface area contributed by atoms with E-state index in [1.165, 1.54) is 0 Å². The van der Waals surface area contributed by atoms with Crippen molar-refractivity contribution in [1.29, 1.82) is 0 Å². The predicted molar refractivity (Wildman–Crippen MR) is 76.0 cm³/mol. The summed E-state index contributed by atoms with van der Waals surface area (Å²) in [5.74, 6) is 1.76. The maximum atomic E-state index is 4.53. The summed E-state index contributed by atoms with van der Waals surface area (Å²) in [5, 5.41) is 7.70. The van der Waals surface area contributed by atoms with Gasteiger partial charge >= 0.3 is 0 Å². The standard InChI is InChI=1S/C14H21N5/c1-5-11(12-7-8-15-19(12)4)17-14-9-10(3)16-13(6-2)18-14/h7-9,11H,5-6H2,1-4H3,(H,16,17,18)/t11-/m0/s1. The first-order chi connectivity index (χ1) is 9.13. The first kappa shape index (κ1) is 13.5. The van der Waals surface area contributed by atoms with Gasteiger partial charge in [-0.25, -0.2) is 9.97 Å². The molecule has 5 heteroatoms. The molecule has 19 heavy (non-hydrogen) atoms. The van der Waals surface area contributed by atoms with Crippen molar-refractivity contribution in [2.45, 2.75) is 39.7 Å². The van der Waals surface area contributed by atoms with Crippen molar-refractivity contribution in [2.24, 2.45) is 7.05 Å². The van der Waals surface area contributed by atoms with Gasteiger partial charge in [-0.3, -0.25) is 4.68 Å². The van der Waals surface area contributed by atoms with Gasteiger partial charge in [-0.15, -0.1) is 0 Å². The average molecular weight is 259 g/mol. The van der Waals surface area contributed by atoms with Gasteiger partial charge in [0, 0.05) is 31.4 Å². The summed E-state index contributed by atoms with van der Waals surface area (Å²) in [5.41, 5.74) is 2.16. The Labute approximate surface area is 114 Å². The Hall–Kier alpha value is -1.91. The monoisotopic (exact) mass is 259 g/mol. The smallest absolute Gasteiger partial charge is 0.130 e. The molecule has 5 nitrogen and oxygen atoms in total. The largest absolute Gasteiger partial charge is 0.362 e. The first-order valence-corrected chi connectivity index (χ1v) is 6.73. The number of hydrogen-bond acceptors (Lipinski definition) is 4. The van der Waals surface area contributed by atoms with Crippen LogP contribution in [0.3, 0.4) is 0 Å². The highest BCUT2D eigenvalue weighted by Gasteiger charge is 2.13. The minimum Gasteiger partial charge on any atom is -0.362 e. The Balaban J connectivity index is 2.23. The van der Waals surface area contributed by atoms with Gasteiger partial charge in [-0.2, -0.15) is 5.10 Å². The molecule has 0 saturated carbocycles. The van der Waals surface area contributed by atoms with Crippen LogP contribution in [-0.2, 0) is 13.5 Å². The molecule has 0 bridgehead atoms. The average Bonchev–Trinajstić information content (AvgIpc) is 2.81. The lowest BCUT2D eigenvalue weighted by molar-refractivity contribution is 0.631. The number of hydrogen-bond donors (Lipinski definition) is 1. The minimum absolute atomic E-state index is 0.214. The highest BCUT2D eigenvalue weighted by molar-refractivity contribution is 5.38. The Morgan fingerprint density at radius 3 is 2.68 bits per heavy atom. The van der Waals surface area contributed by atoms with Crippen molar-refractivity contribution in [3.05, 3.63) is 35.5 Å². The van der Waals surface area contributed by atoms with Gasteiger partial charge in [0.15, 0.2) is 0 Å². The molecule has 0 aromatic carbocycles. The van der Waals surface area contributed by atoms with E-state index in [2.05, 4.69) is 34.2 Å². The van der Waals surface area contributed by atoms with Crippen LogP contribution in [-0.4, -0.2) is 19.7 Å². The van der Waals surface area contributed by atoms with Gasteiger partial charge in [0.05, 0.1) is 11.7 Å². The van der Waals surface area contributed by atoms with Crippen LogP contribution in [0.1, 0.15) is 43.5 Å². The molecule has 0 saturated heterocycles. The number of anilines is 1. The number of nitrogens with zero attached hydrogens (tertiary/aromatic N) is 4. The van der Waals surface area contributed by atoms with Crippen molar-refractivity contribution in [1.82, 2.24) is 19.7 Å². The molecule has 0 aliphatic carbocycles. The second kappa shape index (κ2) is 5.82. The van der Waals surface area contributed by atoms with Crippen LogP contribution in [0.4, 0.5) is 5.82 Å². The lowest BCUT2D eigenvalue weighted by Crippen LogP contribution is -2.15. The maximum Gasteiger partial charge on any atom is 0.130 e. The molecule has 2 rings (SSSR count). The van der Waals surface area contributed by atoms with Crippen LogP contribution in [0.15, 0.2) is 18.3 Å². The van der Waals surface area contributed by atoms with Gasteiger partial charge in [0.25, 0.3) is 0 Å². The van der Waals surface area contributed by atoms with E-state index < -0.39 is 0 Å². The summed E-state index contributed by atoms with van der Waals surface area (Å²) in [7, 11) is 1.96. The first-order valence-electron chi connectivity index (χ1n) is 6.73. The van der Waals surface area contributed by atoms with E-state index in [-0.39, 0.29) is 6.04 Å². The summed E-state index contributed by atoms with van der Waals surface area (Å²) >= 11 is 0. The van der Waals surface area contributed by atoms with Crippen LogP contribution < -0.4 is 5.32 Å². The van der Waals surface area contributed by atoms with Crippen molar-refractivity contribution >= 4 is 5.82 Å². The Morgan fingerprint density at radius 2 is 2.11 bits per heavy atom. The van der Waals surface area contributed by atoms with Gasteiger partial charge in [0.1, 0.15) is 11.6 Å². The third-order valence-corrected chi connectivity index (χ3v) is 3.16. The van der Waals surface area contributed by atoms with Crippen molar-refractivity contribution in [3.8, 4) is 0 Å². The minimum atomic E-state index is 0.214. The topological polar surface area (TPSA) is 55.6 Å². The molecule has 102 valence electrons. The fourth-order valence-corrected chi connectivity index (χ4v) is 2.15. The lowest BCUT2D eigenvalue weighted by Gasteiger charge is -2.18. The summed E-state index contributed by atoms with van der Waals surface area (Å²) in [4.78, 5) is 8.92. The molecule has 1 atom stereocenters.